The number of ether oxygens (including phenoxy) is 1. The first kappa shape index (κ1) is 8.26. The van der Waals surface area contributed by atoms with E-state index in [2.05, 4.69) is 4.98 Å². The minimum atomic E-state index is 0.892. The highest BCUT2D eigenvalue weighted by Gasteiger charge is 2.06. The average Bonchev–Trinajstić information content (AvgIpc) is 2.67. The Morgan fingerprint density at radius 2 is 2.23 bits per heavy atom. The zero-order chi connectivity index (χ0) is 9.10. The maximum absolute atomic E-state index is 5.21. The molecule has 0 N–H and O–H groups in total. The average molecular weight is 191 g/mol. The first-order chi connectivity index (χ1) is 6.42. The van der Waals surface area contributed by atoms with E-state index in [1.165, 1.54) is 0 Å². The third kappa shape index (κ3) is 1.55. The molecule has 0 aliphatic carbocycles. The molecule has 66 valence electrons. The van der Waals surface area contributed by atoms with Gasteiger partial charge in [-0.2, -0.15) is 0 Å². The van der Waals surface area contributed by atoms with E-state index in [0.29, 0.717) is 0 Å². The maximum atomic E-state index is 5.21. The first-order valence-electron chi connectivity index (χ1n) is 3.93. The lowest BCUT2D eigenvalue weighted by Crippen LogP contribution is -1.84. The van der Waals surface area contributed by atoms with Gasteiger partial charge in [0.25, 0.3) is 0 Å². The summed E-state index contributed by atoms with van der Waals surface area (Å²) in [4.78, 5) is 4.26. The van der Waals surface area contributed by atoms with Crippen molar-refractivity contribution >= 4 is 11.3 Å². The SMILES string of the molecule is COc1cscc1-c1ccccn1. The number of hydrogen-bond acceptors (Lipinski definition) is 3. The van der Waals surface area contributed by atoms with Crippen LogP contribution in [0.15, 0.2) is 35.2 Å². The molecule has 0 saturated carbocycles. The van der Waals surface area contributed by atoms with Gasteiger partial charge in [0.2, 0.25) is 0 Å². The maximum Gasteiger partial charge on any atom is 0.138 e. The zero-order valence-electron chi connectivity index (χ0n) is 7.23. The number of methoxy groups -OCH3 is 1. The number of pyridine rings is 1. The topological polar surface area (TPSA) is 22.1 Å². The number of rotatable bonds is 2. The van der Waals surface area contributed by atoms with Gasteiger partial charge < -0.3 is 4.74 Å². The van der Waals surface area contributed by atoms with E-state index in [1.807, 2.05) is 29.0 Å². The van der Waals surface area contributed by atoms with Crippen molar-refractivity contribution in [3.05, 3.63) is 35.2 Å². The predicted octanol–water partition coefficient (Wildman–Crippen LogP) is 2.82. The van der Waals surface area contributed by atoms with Gasteiger partial charge in [-0.05, 0) is 12.1 Å². The van der Waals surface area contributed by atoms with Gasteiger partial charge in [-0.15, -0.1) is 11.3 Å². The smallest absolute Gasteiger partial charge is 0.138 e. The second-order valence-corrected chi connectivity index (χ2v) is 3.31. The van der Waals surface area contributed by atoms with Crippen molar-refractivity contribution in [3.63, 3.8) is 0 Å². The van der Waals surface area contributed by atoms with Crippen molar-refractivity contribution in [3.8, 4) is 17.0 Å². The van der Waals surface area contributed by atoms with Gasteiger partial charge in [0.05, 0.1) is 18.4 Å². The third-order valence-electron chi connectivity index (χ3n) is 1.79. The molecular formula is C10H9NOS. The Hall–Kier alpha value is -1.35. The molecule has 2 rings (SSSR count). The second-order valence-electron chi connectivity index (χ2n) is 2.57. The molecule has 0 atom stereocenters. The van der Waals surface area contributed by atoms with E-state index < -0.39 is 0 Å². The van der Waals surface area contributed by atoms with Crippen LogP contribution >= 0.6 is 11.3 Å². The van der Waals surface area contributed by atoms with Crippen LogP contribution in [0.5, 0.6) is 5.75 Å². The van der Waals surface area contributed by atoms with E-state index in [0.717, 1.165) is 17.0 Å². The molecule has 0 unspecified atom stereocenters. The van der Waals surface area contributed by atoms with Crippen LogP contribution in [0, 0.1) is 0 Å². The van der Waals surface area contributed by atoms with Gasteiger partial charge >= 0.3 is 0 Å². The highest BCUT2D eigenvalue weighted by molar-refractivity contribution is 7.08. The normalized spacial score (nSPS) is 9.92. The fraction of sp³-hybridized carbons (Fsp3) is 0.100. The molecule has 2 aromatic heterocycles. The van der Waals surface area contributed by atoms with E-state index in [-0.39, 0.29) is 0 Å². The molecule has 0 spiro atoms. The largest absolute Gasteiger partial charge is 0.495 e. The quantitative estimate of drug-likeness (QED) is 0.728. The van der Waals surface area contributed by atoms with E-state index in [1.54, 1.807) is 24.6 Å². The Kier molecular flexibility index (Phi) is 2.27. The van der Waals surface area contributed by atoms with Gasteiger partial charge in [0.1, 0.15) is 5.75 Å². The van der Waals surface area contributed by atoms with Crippen LogP contribution in [0.2, 0.25) is 0 Å². The fourth-order valence-electron chi connectivity index (χ4n) is 1.15. The Balaban J connectivity index is 2.47. The molecule has 2 nitrogen and oxygen atoms in total. The second kappa shape index (κ2) is 3.58. The summed E-state index contributed by atoms with van der Waals surface area (Å²) in [5.41, 5.74) is 2.02. The van der Waals surface area contributed by atoms with Crippen LogP contribution in [0.3, 0.4) is 0 Å². The van der Waals surface area contributed by atoms with Gasteiger partial charge in [0.15, 0.2) is 0 Å². The van der Waals surface area contributed by atoms with Crippen LogP contribution < -0.4 is 4.74 Å². The minimum Gasteiger partial charge on any atom is -0.495 e. The molecule has 3 heteroatoms. The molecule has 0 amide bonds. The summed E-state index contributed by atoms with van der Waals surface area (Å²) in [6.07, 6.45) is 1.78. The van der Waals surface area contributed by atoms with Crippen molar-refractivity contribution in [2.24, 2.45) is 0 Å². The number of hydrogen-bond donors (Lipinski definition) is 0. The summed E-state index contributed by atoms with van der Waals surface area (Å²) in [5, 5.41) is 4.02. The van der Waals surface area contributed by atoms with Crippen molar-refractivity contribution in [1.82, 2.24) is 4.98 Å². The summed E-state index contributed by atoms with van der Waals surface area (Å²) in [6, 6.07) is 5.85. The molecule has 0 aromatic carbocycles. The molecule has 13 heavy (non-hydrogen) atoms. The van der Waals surface area contributed by atoms with E-state index in [9.17, 15) is 0 Å². The summed E-state index contributed by atoms with van der Waals surface area (Å²) in [5.74, 6) is 0.892. The zero-order valence-corrected chi connectivity index (χ0v) is 8.04. The molecule has 0 fully saturated rings. The molecule has 0 aliphatic rings. The predicted molar refractivity (Wildman–Crippen MR) is 54.1 cm³/mol. The lowest BCUT2D eigenvalue weighted by molar-refractivity contribution is 0.418. The lowest BCUT2D eigenvalue weighted by Gasteiger charge is -2.00. The van der Waals surface area contributed by atoms with Crippen molar-refractivity contribution < 1.29 is 4.74 Å². The lowest BCUT2D eigenvalue weighted by atomic mass is 10.2. The van der Waals surface area contributed by atoms with Gasteiger partial charge in [0, 0.05) is 17.0 Å². The van der Waals surface area contributed by atoms with E-state index in [4.69, 9.17) is 4.74 Å². The minimum absolute atomic E-state index is 0.892. The monoisotopic (exact) mass is 191 g/mol. The third-order valence-corrected chi connectivity index (χ3v) is 2.51. The van der Waals surface area contributed by atoms with Crippen LogP contribution in [0.25, 0.3) is 11.3 Å². The van der Waals surface area contributed by atoms with Crippen LogP contribution in [0.1, 0.15) is 0 Å². The van der Waals surface area contributed by atoms with E-state index >= 15 is 0 Å². The Labute approximate surface area is 80.8 Å². The molecule has 0 saturated heterocycles. The molecular weight excluding hydrogens is 182 g/mol. The molecule has 0 radical (unpaired) electrons. The van der Waals surface area contributed by atoms with Gasteiger partial charge in [-0.3, -0.25) is 4.98 Å². The van der Waals surface area contributed by atoms with Crippen molar-refractivity contribution in [2.75, 3.05) is 7.11 Å². The Morgan fingerprint density at radius 1 is 1.31 bits per heavy atom. The first-order valence-corrected chi connectivity index (χ1v) is 4.87. The number of thiophene rings is 1. The highest BCUT2D eigenvalue weighted by Crippen LogP contribution is 2.31. The summed E-state index contributed by atoms with van der Waals surface area (Å²) in [7, 11) is 1.68. The molecule has 0 bridgehead atoms. The molecule has 2 heterocycles. The molecule has 2 aromatic rings. The van der Waals surface area contributed by atoms with Crippen LogP contribution in [0.4, 0.5) is 0 Å². The summed E-state index contributed by atoms with van der Waals surface area (Å²) in [6.45, 7) is 0. The Morgan fingerprint density at radius 3 is 2.92 bits per heavy atom. The van der Waals surface area contributed by atoms with Gasteiger partial charge in [-0.1, -0.05) is 6.07 Å². The van der Waals surface area contributed by atoms with Crippen LogP contribution in [-0.2, 0) is 0 Å². The Bertz CT molecular complexity index is 383. The molecule has 0 aliphatic heterocycles. The highest BCUT2D eigenvalue weighted by atomic mass is 32.1. The summed E-state index contributed by atoms with van der Waals surface area (Å²) < 4.78 is 5.21. The van der Waals surface area contributed by atoms with Crippen molar-refractivity contribution in [2.45, 2.75) is 0 Å². The fourth-order valence-corrected chi connectivity index (χ4v) is 1.94. The standard InChI is InChI=1S/C10H9NOS/c1-12-10-7-13-6-8(10)9-4-2-3-5-11-9/h2-7H,1H3. The number of aromatic nitrogens is 1. The van der Waals surface area contributed by atoms with Gasteiger partial charge in [-0.25, -0.2) is 0 Å². The number of nitrogens with zero attached hydrogens (tertiary/aromatic N) is 1. The van der Waals surface area contributed by atoms with Crippen LogP contribution in [-0.4, -0.2) is 12.1 Å². The van der Waals surface area contributed by atoms with Crippen molar-refractivity contribution in [1.29, 1.82) is 0 Å². The summed E-state index contributed by atoms with van der Waals surface area (Å²) >= 11 is 1.62.